The zero-order valence-electron chi connectivity index (χ0n) is 19.1. The fourth-order valence-corrected chi connectivity index (χ4v) is 4.17. The molecular weight excluding hydrogens is 540 g/mol. The predicted molar refractivity (Wildman–Crippen MR) is 125 cm³/mol. The van der Waals surface area contributed by atoms with Gasteiger partial charge in [-0.2, -0.15) is 0 Å². The van der Waals surface area contributed by atoms with Crippen molar-refractivity contribution < 1.29 is 42.6 Å². The first kappa shape index (κ1) is 26.4. The molecule has 0 amide bonds. The maximum Gasteiger partial charge on any atom is 0.297 e. The van der Waals surface area contributed by atoms with Gasteiger partial charge in [0, 0.05) is 0 Å². The van der Waals surface area contributed by atoms with Gasteiger partial charge in [-0.05, 0) is 34.0 Å². The molecule has 0 saturated heterocycles. The fraction of sp³-hybridized carbons (Fsp3) is 0.667. The van der Waals surface area contributed by atoms with Crippen molar-refractivity contribution >= 4 is 34.0 Å². The molecule has 1 aliphatic rings. The Morgan fingerprint density at radius 2 is 0.500 bits per heavy atom. The second-order valence-electron chi connectivity index (χ2n) is 6.43. The average Bonchev–Trinajstić information content (AvgIpc) is 3.64. The van der Waals surface area contributed by atoms with Crippen molar-refractivity contribution in [2.24, 2.45) is 0 Å². The highest BCUT2D eigenvalue weighted by Crippen LogP contribution is 2.26. The number of nitrogens with zero attached hydrogens (tertiary/aromatic N) is 6. The van der Waals surface area contributed by atoms with Gasteiger partial charge in [-0.15, -0.1) is 0 Å². The first-order valence-corrected chi connectivity index (χ1v) is 13.3. The van der Waals surface area contributed by atoms with Crippen molar-refractivity contribution in [3.8, 4) is 31.2 Å². The SMILES string of the molecule is C1COc2nnc(s2)OCCOCCOc2nnc(s2)OCCOCCOc2nnc(s2)OCCO1. The minimum absolute atomic E-state index is 0.318. The van der Waals surface area contributed by atoms with Crippen LogP contribution >= 0.6 is 34.0 Å². The molecule has 3 aromatic heterocycles. The minimum Gasteiger partial charge on any atom is -0.466 e. The minimum atomic E-state index is 0.318. The third-order valence-corrected chi connectivity index (χ3v) is 6.13. The molecule has 0 N–H and O–H groups in total. The van der Waals surface area contributed by atoms with Gasteiger partial charge in [-0.25, -0.2) is 0 Å². The van der Waals surface area contributed by atoms with Crippen LogP contribution in [0.25, 0.3) is 0 Å². The number of rotatable bonds is 0. The standard InChI is InChI=1S/C18H24N6O9S3/c1-7-28-13-19-20-15(34-13)30-9-3-26-5-11-32-17-23-24-18(36-17)33-12-6-27-4-10-31-16-22-21-14(35-16)29-8-2-25-1/h1-12H2. The van der Waals surface area contributed by atoms with Crippen LogP contribution in [0.5, 0.6) is 31.2 Å². The molecule has 0 aromatic carbocycles. The Hall–Kier alpha value is -2.64. The van der Waals surface area contributed by atoms with Gasteiger partial charge in [0.25, 0.3) is 31.2 Å². The van der Waals surface area contributed by atoms with E-state index in [4.69, 9.17) is 42.6 Å². The molecular formula is C18H24N6O9S3. The van der Waals surface area contributed by atoms with Crippen LogP contribution in [0.3, 0.4) is 0 Å². The van der Waals surface area contributed by atoms with Crippen molar-refractivity contribution in [2.75, 3.05) is 79.3 Å². The average molecular weight is 565 g/mol. The Labute approximate surface area is 217 Å². The highest BCUT2D eigenvalue weighted by atomic mass is 32.1. The molecule has 0 saturated carbocycles. The molecule has 18 heteroatoms. The molecule has 0 atom stereocenters. The van der Waals surface area contributed by atoms with Gasteiger partial charge in [0.05, 0.1) is 39.6 Å². The van der Waals surface area contributed by atoms with Crippen molar-refractivity contribution in [3.63, 3.8) is 0 Å². The molecule has 198 valence electrons. The lowest BCUT2D eigenvalue weighted by Crippen LogP contribution is -2.12. The second-order valence-corrected chi connectivity index (χ2v) is 9.14. The monoisotopic (exact) mass is 564 g/mol. The molecule has 0 spiro atoms. The van der Waals surface area contributed by atoms with Crippen molar-refractivity contribution in [1.82, 2.24) is 30.6 Å². The van der Waals surface area contributed by atoms with Crippen LogP contribution < -0.4 is 28.4 Å². The molecule has 0 aliphatic carbocycles. The highest BCUT2D eigenvalue weighted by Gasteiger charge is 2.09. The number of hydrogen-bond acceptors (Lipinski definition) is 18. The van der Waals surface area contributed by atoms with Crippen LogP contribution in [0.2, 0.25) is 0 Å². The summed E-state index contributed by atoms with van der Waals surface area (Å²) < 4.78 is 49.4. The molecule has 15 nitrogen and oxygen atoms in total. The first-order chi connectivity index (χ1) is 17.8. The van der Waals surface area contributed by atoms with Crippen LogP contribution in [-0.2, 0) is 14.2 Å². The zero-order valence-corrected chi connectivity index (χ0v) is 21.5. The van der Waals surface area contributed by atoms with E-state index in [1.165, 1.54) is 34.0 Å². The van der Waals surface area contributed by atoms with Gasteiger partial charge in [0.2, 0.25) is 0 Å². The summed E-state index contributed by atoms with van der Waals surface area (Å²) in [5.74, 6) is 0. The maximum absolute atomic E-state index is 5.50. The number of fused-ring (bicyclic) bond motifs is 6. The largest absolute Gasteiger partial charge is 0.466 e. The van der Waals surface area contributed by atoms with Crippen molar-refractivity contribution in [3.05, 3.63) is 0 Å². The van der Waals surface area contributed by atoms with E-state index in [2.05, 4.69) is 30.6 Å². The summed E-state index contributed by atoms with van der Waals surface area (Å²) in [7, 11) is 0. The Kier molecular flexibility index (Phi) is 11.4. The first-order valence-electron chi connectivity index (χ1n) is 10.9. The topological polar surface area (TPSA) is 160 Å². The fourth-order valence-electron chi connectivity index (χ4n) is 2.38. The molecule has 4 heterocycles. The van der Waals surface area contributed by atoms with E-state index in [-0.39, 0.29) is 0 Å². The van der Waals surface area contributed by atoms with Crippen LogP contribution in [0, 0.1) is 0 Å². The molecule has 4 rings (SSSR count). The number of ether oxygens (including phenoxy) is 9. The van der Waals surface area contributed by atoms with Crippen LogP contribution in [0.4, 0.5) is 0 Å². The van der Waals surface area contributed by atoms with Crippen LogP contribution in [0.15, 0.2) is 0 Å². The normalized spacial score (nSPS) is 17.7. The van der Waals surface area contributed by atoms with E-state index in [1.807, 2.05) is 0 Å². The summed E-state index contributed by atoms with van der Waals surface area (Å²) in [6.45, 7) is 4.09. The van der Waals surface area contributed by atoms with Gasteiger partial charge in [-0.3, -0.25) is 0 Å². The Bertz CT molecular complexity index is 815. The summed E-state index contributed by atoms with van der Waals surface area (Å²) in [6.07, 6.45) is 0. The van der Waals surface area contributed by atoms with Crippen molar-refractivity contribution in [2.45, 2.75) is 0 Å². The maximum atomic E-state index is 5.50. The molecule has 1 aliphatic heterocycles. The lowest BCUT2D eigenvalue weighted by atomic mass is 10.7. The third-order valence-electron chi connectivity index (χ3n) is 3.88. The molecule has 0 fully saturated rings. The Morgan fingerprint density at radius 1 is 0.306 bits per heavy atom. The van der Waals surface area contributed by atoms with Gasteiger partial charge < -0.3 is 42.6 Å². The van der Waals surface area contributed by atoms with Gasteiger partial charge in [-0.1, -0.05) is 30.6 Å². The van der Waals surface area contributed by atoms with Crippen LogP contribution in [-0.4, -0.2) is 110 Å². The van der Waals surface area contributed by atoms with Gasteiger partial charge >= 0.3 is 0 Å². The number of hydrogen-bond donors (Lipinski definition) is 0. The second kappa shape index (κ2) is 15.5. The summed E-state index contributed by atoms with van der Waals surface area (Å²) in [4.78, 5) is 0. The van der Waals surface area contributed by atoms with Crippen molar-refractivity contribution in [1.29, 1.82) is 0 Å². The summed E-state index contributed by atoms with van der Waals surface area (Å²) in [5, 5.41) is 25.9. The molecule has 3 aromatic rings. The molecule has 6 bridgehead atoms. The van der Waals surface area contributed by atoms with E-state index < -0.39 is 0 Å². The quantitative estimate of drug-likeness (QED) is 0.380. The van der Waals surface area contributed by atoms with E-state index >= 15 is 0 Å². The van der Waals surface area contributed by atoms with Crippen LogP contribution in [0.1, 0.15) is 0 Å². The Balaban J connectivity index is 1.20. The highest BCUT2D eigenvalue weighted by molar-refractivity contribution is 7.15. The molecule has 0 radical (unpaired) electrons. The zero-order chi connectivity index (χ0) is 24.7. The Morgan fingerprint density at radius 3 is 0.694 bits per heavy atom. The molecule has 0 unspecified atom stereocenters. The van der Waals surface area contributed by atoms with Gasteiger partial charge in [0.1, 0.15) is 39.6 Å². The molecule has 36 heavy (non-hydrogen) atoms. The lowest BCUT2D eigenvalue weighted by molar-refractivity contribution is 0.0756. The summed E-state index contributed by atoms with van der Waals surface area (Å²) in [5.41, 5.74) is 0. The smallest absolute Gasteiger partial charge is 0.297 e. The predicted octanol–water partition coefficient (Wildman–Crippen LogP) is 0.978. The van der Waals surface area contributed by atoms with E-state index in [9.17, 15) is 0 Å². The number of aromatic nitrogens is 6. The van der Waals surface area contributed by atoms with E-state index in [1.54, 1.807) is 0 Å². The van der Waals surface area contributed by atoms with E-state index in [0.29, 0.717) is 110 Å². The summed E-state index contributed by atoms with van der Waals surface area (Å²) in [6, 6.07) is 0. The van der Waals surface area contributed by atoms with Gasteiger partial charge in [0.15, 0.2) is 0 Å². The lowest BCUT2D eigenvalue weighted by Gasteiger charge is -2.05. The van der Waals surface area contributed by atoms with E-state index in [0.717, 1.165) is 0 Å². The summed E-state index contributed by atoms with van der Waals surface area (Å²) >= 11 is 3.59. The third kappa shape index (κ3) is 9.78.